The lowest BCUT2D eigenvalue weighted by atomic mass is 10.1. The van der Waals surface area contributed by atoms with E-state index in [1.807, 2.05) is 30.3 Å². The van der Waals surface area contributed by atoms with Crippen molar-refractivity contribution in [2.24, 2.45) is 5.73 Å². The van der Waals surface area contributed by atoms with Gasteiger partial charge in [0.25, 0.3) is 5.91 Å². The van der Waals surface area contributed by atoms with Gasteiger partial charge in [0.05, 0.1) is 27.9 Å². The van der Waals surface area contributed by atoms with E-state index in [-0.39, 0.29) is 18.5 Å². The maximum Gasteiger partial charge on any atom is 0.251 e. The molecule has 0 aliphatic carbocycles. The minimum atomic E-state index is -0.891. The van der Waals surface area contributed by atoms with Crippen LogP contribution in [0.4, 0.5) is 0 Å². The molecule has 2 aromatic carbocycles. The third-order valence-corrected chi connectivity index (χ3v) is 4.30. The molecule has 0 heterocycles. The zero-order valence-corrected chi connectivity index (χ0v) is 17.1. The minimum Gasteiger partial charge on any atom is -0.493 e. The number of carbonyl (C=O) groups is 3. The fourth-order valence-corrected chi connectivity index (χ4v) is 2.79. The summed E-state index contributed by atoms with van der Waals surface area (Å²) in [7, 11) is 4.32. The van der Waals surface area contributed by atoms with Gasteiger partial charge in [-0.1, -0.05) is 30.3 Å². The molecule has 0 aromatic heterocycles. The quantitative estimate of drug-likeness (QED) is 0.523. The van der Waals surface area contributed by atoms with Crippen LogP contribution in [0, 0.1) is 0 Å². The van der Waals surface area contributed by atoms with Crippen LogP contribution in [0.25, 0.3) is 0 Å². The van der Waals surface area contributed by atoms with Gasteiger partial charge < -0.3 is 30.6 Å². The molecule has 0 aliphatic rings. The molecule has 0 saturated carbocycles. The molecule has 160 valence electrons. The molecule has 0 spiro atoms. The number of hydrogen-bond acceptors (Lipinski definition) is 6. The Kier molecular flexibility index (Phi) is 8.04. The Morgan fingerprint density at radius 2 is 1.57 bits per heavy atom. The van der Waals surface area contributed by atoms with Crippen LogP contribution in [0.3, 0.4) is 0 Å². The Balaban J connectivity index is 2.01. The van der Waals surface area contributed by atoms with Crippen molar-refractivity contribution in [3.8, 4) is 17.2 Å². The molecule has 0 fully saturated rings. The topological polar surface area (TPSA) is 129 Å². The van der Waals surface area contributed by atoms with Gasteiger partial charge in [-0.2, -0.15) is 0 Å². The highest BCUT2D eigenvalue weighted by molar-refractivity contribution is 5.98. The number of amides is 3. The van der Waals surface area contributed by atoms with Crippen molar-refractivity contribution >= 4 is 17.7 Å². The smallest absolute Gasteiger partial charge is 0.251 e. The van der Waals surface area contributed by atoms with Crippen molar-refractivity contribution in [2.45, 2.75) is 12.5 Å². The molecule has 0 aliphatic heterocycles. The minimum absolute atomic E-state index is 0.216. The number of carbonyl (C=O) groups excluding carboxylic acids is 3. The average molecular weight is 415 g/mol. The second kappa shape index (κ2) is 10.7. The molecule has 0 bridgehead atoms. The fourth-order valence-electron chi connectivity index (χ4n) is 2.79. The molecule has 1 unspecified atom stereocenters. The molecule has 2 rings (SSSR count). The maximum absolute atomic E-state index is 12.5. The Morgan fingerprint density at radius 1 is 0.967 bits per heavy atom. The van der Waals surface area contributed by atoms with Gasteiger partial charge in [0.1, 0.15) is 6.04 Å². The summed E-state index contributed by atoms with van der Waals surface area (Å²) < 4.78 is 15.6. The molecule has 3 amide bonds. The summed E-state index contributed by atoms with van der Waals surface area (Å²) in [6, 6.07) is 11.2. The van der Waals surface area contributed by atoms with Crippen LogP contribution in [-0.4, -0.2) is 51.6 Å². The van der Waals surface area contributed by atoms with E-state index in [4.69, 9.17) is 19.9 Å². The van der Waals surface area contributed by atoms with E-state index in [0.29, 0.717) is 17.2 Å². The van der Waals surface area contributed by atoms with Gasteiger partial charge in [0, 0.05) is 12.0 Å². The van der Waals surface area contributed by atoms with E-state index < -0.39 is 23.8 Å². The molecule has 2 aromatic rings. The zero-order valence-electron chi connectivity index (χ0n) is 17.1. The first-order chi connectivity index (χ1) is 14.4. The van der Waals surface area contributed by atoms with Crippen molar-refractivity contribution in [3.05, 3.63) is 53.6 Å². The largest absolute Gasteiger partial charge is 0.493 e. The van der Waals surface area contributed by atoms with E-state index in [1.165, 1.54) is 33.5 Å². The van der Waals surface area contributed by atoms with Gasteiger partial charge in [-0.15, -0.1) is 0 Å². The summed E-state index contributed by atoms with van der Waals surface area (Å²) in [4.78, 5) is 36.4. The Morgan fingerprint density at radius 3 is 2.07 bits per heavy atom. The number of ether oxygens (including phenoxy) is 3. The van der Waals surface area contributed by atoms with Crippen molar-refractivity contribution in [1.82, 2.24) is 10.6 Å². The van der Waals surface area contributed by atoms with Crippen LogP contribution < -0.4 is 30.6 Å². The SMILES string of the molecule is COc1cc(C(=O)NCC(=O)NC(Cc2ccccc2)C(N)=O)cc(OC)c1OC. The van der Waals surface area contributed by atoms with E-state index in [0.717, 1.165) is 5.56 Å². The summed E-state index contributed by atoms with van der Waals surface area (Å²) >= 11 is 0. The van der Waals surface area contributed by atoms with Crippen LogP contribution in [0.1, 0.15) is 15.9 Å². The summed E-state index contributed by atoms with van der Waals surface area (Å²) in [5.41, 5.74) is 6.46. The number of benzene rings is 2. The molecule has 1 atom stereocenters. The van der Waals surface area contributed by atoms with Crippen LogP contribution >= 0.6 is 0 Å². The second-order valence-electron chi connectivity index (χ2n) is 6.31. The number of hydrogen-bond donors (Lipinski definition) is 3. The summed E-state index contributed by atoms with van der Waals surface area (Å²) in [6.07, 6.45) is 0.253. The van der Waals surface area contributed by atoms with Gasteiger partial charge >= 0.3 is 0 Å². The average Bonchev–Trinajstić information content (AvgIpc) is 2.76. The molecule has 4 N–H and O–H groups in total. The number of rotatable bonds is 10. The Hall–Kier alpha value is -3.75. The first-order valence-corrected chi connectivity index (χ1v) is 9.10. The van der Waals surface area contributed by atoms with Gasteiger partial charge in [-0.3, -0.25) is 14.4 Å². The zero-order chi connectivity index (χ0) is 22.1. The van der Waals surface area contributed by atoms with Crippen molar-refractivity contribution < 1.29 is 28.6 Å². The first-order valence-electron chi connectivity index (χ1n) is 9.10. The standard InChI is InChI=1S/C21H25N3O6/c1-28-16-10-14(11-17(29-2)19(16)30-3)21(27)23-12-18(25)24-15(20(22)26)9-13-7-5-4-6-8-13/h4-8,10-11,15H,9,12H2,1-3H3,(H2,22,26)(H,23,27)(H,24,25). The number of primary amides is 1. The Labute approximate surface area is 174 Å². The van der Waals surface area contributed by atoms with E-state index in [2.05, 4.69) is 10.6 Å². The number of nitrogens with two attached hydrogens (primary N) is 1. The second-order valence-corrected chi connectivity index (χ2v) is 6.31. The predicted octanol–water partition coefficient (Wildman–Crippen LogP) is 0.655. The lowest BCUT2D eigenvalue weighted by Crippen LogP contribution is -2.49. The van der Waals surface area contributed by atoms with Crippen LogP contribution in [0.15, 0.2) is 42.5 Å². The van der Waals surface area contributed by atoms with E-state index in [1.54, 1.807) is 0 Å². The molecule has 30 heavy (non-hydrogen) atoms. The third kappa shape index (κ3) is 5.87. The molecular weight excluding hydrogens is 390 g/mol. The lowest BCUT2D eigenvalue weighted by molar-refractivity contribution is -0.126. The molecule has 9 nitrogen and oxygen atoms in total. The number of methoxy groups -OCH3 is 3. The first kappa shape index (κ1) is 22.5. The highest BCUT2D eigenvalue weighted by atomic mass is 16.5. The summed E-state index contributed by atoms with van der Waals surface area (Å²) in [5, 5.41) is 5.03. The normalized spacial score (nSPS) is 11.2. The third-order valence-electron chi connectivity index (χ3n) is 4.30. The summed E-state index contributed by atoms with van der Waals surface area (Å²) in [6.45, 7) is -0.339. The highest BCUT2D eigenvalue weighted by Crippen LogP contribution is 2.38. The maximum atomic E-state index is 12.5. The lowest BCUT2D eigenvalue weighted by Gasteiger charge is -2.16. The van der Waals surface area contributed by atoms with Gasteiger partial charge in [0.2, 0.25) is 17.6 Å². The van der Waals surface area contributed by atoms with Crippen LogP contribution in [0.2, 0.25) is 0 Å². The molecule has 0 saturated heterocycles. The Bertz CT molecular complexity index is 876. The van der Waals surface area contributed by atoms with E-state index >= 15 is 0 Å². The van der Waals surface area contributed by atoms with Crippen molar-refractivity contribution in [2.75, 3.05) is 27.9 Å². The fraction of sp³-hybridized carbons (Fsp3) is 0.286. The molecule has 9 heteroatoms. The van der Waals surface area contributed by atoms with Gasteiger partial charge in [-0.05, 0) is 17.7 Å². The van der Waals surface area contributed by atoms with E-state index in [9.17, 15) is 14.4 Å². The van der Waals surface area contributed by atoms with Crippen molar-refractivity contribution in [1.29, 1.82) is 0 Å². The van der Waals surface area contributed by atoms with Crippen LogP contribution in [-0.2, 0) is 16.0 Å². The molecular formula is C21H25N3O6. The molecule has 0 radical (unpaired) electrons. The number of nitrogens with one attached hydrogen (secondary N) is 2. The monoisotopic (exact) mass is 415 g/mol. The summed E-state index contributed by atoms with van der Waals surface area (Å²) in [5.74, 6) is -0.771. The van der Waals surface area contributed by atoms with Gasteiger partial charge in [-0.25, -0.2) is 0 Å². The van der Waals surface area contributed by atoms with Crippen molar-refractivity contribution in [3.63, 3.8) is 0 Å². The highest BCUT2D eigenvalue weighted by Gasteiger charge is 2.20. The van der Waals surface area contributed by atoms with Gasteiger partial charge in [0.15, 0.2) is 11.5 Å². The predicted molar refractivity (Wildman–Crippen MR) is 110 cm³/mol. The van der Waals surface area contributed by atoms with Crippen LogP contribution in [0.5, 0.6) is 17.2 Å².